The van der Waals surface area contributed by atoms with Crippen LogP contribution in [0.4, 0.5) is 14.6 Å². The van der Waals surface area contributed by atoms with Crippen molar-refractivity contribution in [3.8, 4) is 0 Å². The molecule has 19 heavy (non-hydrogen) atoms. The van der Waals surface area contributed by atoms with Gasteiger partial charge in [-0.25, -0.2) is 8.78 Å². The third-order valence-electron chi connectivity index (χ3n) is 2.10. The Labute approximate surface area is 120 Å². The Hall–Kier alpha value is -1.39. The Morgan fingerprint density at radius 2 is 2.26 bits per heavy atom. The average Bonchev–Trinajstić information content (AvgIpc) is 2.30. The zero-order valence-corrected chi connectivity index (χ0v) is 11.9. The third kappa shape index (κ3) is 4.04. The molecule has 0 saturated carbocycles. The van der Waals surface area contributed by atoms with Crippen LogP contribution in [0.2, 0.25) is 0 Å². The number of esters is 1. The van der Waals surface area contributed by atoms with Crippen molar-refractivity contribution in [1.29, 1.82) is 0 Å². The molecule has 0 aromatic carbocycles. The lowest BCUT2D eigenvalue weighted by atomic mass is 10.1. The molecule has 0 atom stereocenters. The maximum absolute atomic E-state index is 12.8. The number of ether oxygens (including phenoxy) is 1. The predicted molar refractivity (Wildman–Crippen MR) is 68.9 cm³/mol. The maximum Gasteiger partial charge on any atom is 0.377 e. The molecule has 0 saturated heterocycles. The first kappa shape index (κ1) is 15.7. The van der Waals surface area contributed by atoms with Crippen molar-refractivity contribution in [3.05, 3.63) is 31.0 Å². The Morgan fingerprint density at radius 3 is 2.74 bits per heavy atom. The molecule has 0 unspecified atom stereocenters. The van der Waals surface area contributed by atoms with Crippen LogP contribution in [0.5, 0.6) is 0 Å². The number of pyridine rings is 1. The van der Waals surface area contributed by atoms with Gasteiger partial charge in [0.1, 0.15) is 9.99 Å². The van der Waals surface area contributed by atoms with Crippen molar-refractivity contribution in [2.45, 2.75) is 19.8 Å². The average molecular weight is 386 g/mol. The summed E-state index contributed by atoms with van der Waals surface area (Å²) in [5, 5.41) is 10.7. The monoisotopic (exact) mass is 386 g/mol. The minimum absolute atomic E-state index is 0.00879. The zero-order valence-electron chi connectivity index (χ0n) is 9.73. The van der Waals surface area contributed by atoms with E-state index in [0.717, 1.165) is 6.07 Å². The highest BCUT2D eigenvalue weighted by molar-refractivity contribution is 14.1. The fraction of sp³-hybridized carbons (Fsp3) is 0.400. The first-order valence-corrected chi connectivity index (χ1v) is 6.22. The van der Waals surface area contributed by atoms with Gasteiger partial charge in [0.25, 0.3) is 6.43 Å². The number of hydrogen-bond acceptors (Lipinski definition) is 5. The Bertz CT molecular complexity index is 511. The van der Waals surface area contributed by atoms with E-state index in [4.69, 9.17) is 0 Å². The smallest absolute Gasteiger partial charge is 0.377 e. The molecular formula is C10H9F2IN2O4. The van der Waals surface area contributed by atoms with E-state index in [1.54, 1.807) is 29.5 Å². The molecule has 0 bridgehead atoms. The van der Waals surface area contributed by atoms with Crippen molar-refractivity contribution in [3.63, 3.8) is 0 Å². The summed E-state index contributed by atoms with van der Waals surface area (Å²) in [6.45, 7) is 1.66. The first-order valence-electron chi connectivity index (χ1n) is 5.14. The van der Waals surface area contributed by atoms with Crippen LogP contribution in [0.25, 0.3) is 0 Å². The summed E-state index contributed by atoms with van der Waals surface area (Å²) in [5.41, 5.74) is -0.830. The lowest BCUT2D eigenvalue weighted by Gasteiger charge is -2.06. The third-order valence-corrected chi connectivity index (χ3v) is 2.89. The van der Waals surface area contributed by atoms with Gasteiger partial charge in [-0.3, -0.25) is 4.79 Å². The molecule has 0 aliphatic rings. The van der Waals surface area contributed by atoms with Crippen LogP contribution in [0.15, 0.2) is 6.07 Å². The predicted octanol–water partition coefficient (Wildman–Crippen LogP) is 2.64. The minimum atomic E-state index is -2.87. The number of carbonyl (C=O) groups excluding carboxylic acids is 1. The summed E-state index contributed by atoms with van der Waals surface area (Å²) in [7, 11) is 0. The summed E-state index contributed by atoms with van der Waals surface area (Å²) >= 11 is 1.55. The highest BCUT2D eigenvalue weighted by Crippen LogP contribution is 2.28. The number of halogens is 3. The maximum atomic E-state index is 12.8. The SMILES string of the molecule is CCOC(=O)Cc1nc([N+](=O)[O-])c(I)cc1C(F)F. The molecule has 0 aliphatic heterocycles. The Balaban J connectivity index is 3.21. The molecule has 104 valence electrons. The summed E-state index contributed by atoms with van der Waals surface area (Å²) in [5.74, 6) is -1.31. The topological polar surface area (TPSA) is 82.3 Å². The van der Waals surface area contributed by atoms with E-state index in [2.05, 4.69) is 9.72 Å². The van der Waals surface area contributed by atoms with Gasteiger partial charge in [-0.15, -0.1) is 0 Å². The van der Waals surface area contributed by atoms with Gasteiger partial charge in [-0.05, 0) is 45.5 Å². The number of nitro groups is 1. The summed E-state index contributed by atoms with van der Waals surface area (Å²) in [6.07, 6.45) is -3.39. The minimum Gasteiger partial charge on any atom is -0.466 e. The van der Waals surface area contributed by atoms with Gasteiger partial charge in [-0.2, -0.15) is 0 Å². The molecule has 1 aromatic rings. The molecule has 0 amide bonds. The standard InChI is InChI=1S/C10H9F2IN2O4/c1-2-19-8(16)4-7-5(9(11)12)3-6(13)10(14-7)15(17)18/h3,9H,2,4H2,1H3. The van der Waals surface area contributed by atoms with Crippen LogP contribution in [-0.4, -0.2) is 22.5 Å². The van der Waals surface area contributed by atoms with Gasteiger partial charge in [0.15, 0.2) is 5.69 Å². The highest BCUT2D eigenvalue weighted by Gasteiger charge is 2.26. The number of hydrogen-bond donors (Lipinski definition) is 0. The molecule has 0 spiro atoms. The van der Waals surface area contributed by atoms with E-state index >= 15 is 0 Å². The van der Waals surface area contributed by atoms with E-state index in [1.165, 1.54) is 0 Å². The van der Waals surface area contributed by atoms with E-state index < -0.39 is 35.1 Å². The van der Waals surface area contributed by atoms with Gasteiger partial charge in [0.05, 0.1) is 12.2 Å². The van der Waals surface area contributed by atoms with E-state index in [1.807, 2.05) is 0 Å². The van der Waals surface area contributed by atoms with Crippen molar-refractivity contribution in [2.75, 3.05) is 6.61 Å². The molecule has 9 heteroatoms. The normalized spacial score (nSPS) is 10.6. The van der Waals surface area contributed by atoms with Crippen molar-refractivity contribution < 1.29 is 23.2 Å². The number of alkyl halides is 2. The van der Waals surface area contributed by atoms with Crippen LogP contribution in [0.1, 0.15) is 24.6 Å². The van der Waals surface area contributed by atoms with Crippen LogP contribution in [0, 0.1) is 13.7 Å². The molecule has 0 aliphatic carbocycles. The van der Waals surface area contributed by atoms with E-state index in [0.29, 0.717) is 0 Å². The summed E-state index contributed by atoms with van der Waals surface area (Å²) in [4.78, 5) is 24.7. The number of carbonyl (C=O) groups is 1. The van der Waals surface area contributed by atoms with Gasteiger partial charge >= 0.3 is 11.8 Å². The van der Waals surface area contributed by atoms with Gasteiger partial charge in [0, 0.05) is 0 Å². The second-order valence-electron chi connectivity index (χ2n) is 3.37. The second kappa shape index (κ2) is 6.68. The number of rotatable bonds is 5. The molecule has 1 rings (SSSR count). The van der Waals surface area contributed by atoms with Crippen LogP contribution >= 0.6 is 22.6 Å². The number of aromatic nitrogens is 1. The quantitative estimate of drug-likeness (QED) is 0.336. The van der Waals surface area contributed by atoms with Crippen LogP contribution in [-0.2, 0) is 16.0 Å². The zero-order chi connectivity index (χ0) is 14.6. The van der Waals surface area contributed by atoms with Crippen molar-refractivity contribution >= 4 is 34.4 Å². The molecule has 0 N–H and O–H groups in total. The Morgan fingerprint density at radius 1 is 1.63 bits per heavy atom. The lowest BCUT2D eigenvalue weighted by Crippen LogP contribution is -2.12. The fourth-order valence-electron chi connectivity index (χ4n) is 1.34. The molecular weight excluding hydrogens is 377 g/mol. The number of nitrogens with zero attached hydrogens (tertiary/aromatic N) is 2. The lowest BCUT2D eigenvalue weighted by molar-refractivity contribution is -0.390. The molecule has 0 fully saturated rings. The van der Waals surface area contributed by atoms with Gasteiger partial charge in [0.2, 0.25) is 0 Å². The molecule has 1 aromatic heterocycles. The fourth-order valence-corrected chi connectivity index (χ4v) is 1.99. The van der Waals surface area contributed by atoms with Crippen LogP contribution < -0.4 is 0 Å². The van der Waals surface area contributed by atoms with Gasteiger partial charge < -0.3 is 14.9 Å². The van der Waals surface area contributed by atoms with Crippen molar-refractivity contribution in [1.82, 2.24) is 4.98 Å². The Kier molecular flexibility index (Phi) is 5.51. The second-order valence-corrected chi connectivity index (χ2v) is 4.53. The van der Waals surface area contributed by atoms with Gasteiger partial charge in [-0.1, -0.05) is 0 Å². The largest absolute Gasteiger partial charge is 0.466 e. The van der Waals surface area contributed by atoms with E-state index in [-0.39, 0.29) is 15.9 Å². The van der Waals surface area contributed by atoms with E-state index in [9.17, 15) is 23.7 Å². The first-order chi connectivity index (χ1) is 8.86. The van der Waals surface area contributed by atoms with Crippen LogP contribution in [0.3, 0.4) is 0 Å². The summed E-state index contributed by atoms with van der Waals surface area (Å²) in [6, 6.07) is 0.963. The molecule has 0 radical (unpaired) electrons. The summed E-state index contributed by atoms with van der Waals surface area (Å²) < 4.78 is 30.2. The molecule has 6 nitrogen and oxygen atoms in total. The molecule has 1 heterocycles. The highest BCUT2D eigenvalue weighted by atomic mass is 127. The van der Waals surface area contributed by atoms with Crippen molar-refractivity contribution in [2.24, 2.45) is 0 Å².